The van der Waals surface area contributed by atoms with E-state index in [9.17, 15) is 5.26 Å². The van der Waals surface area contributed by atoms with Crippen molar-refractivity contribution in [1.29, 1.82) is 5.26 Å². The summed E-state index contributed by atoms with van der Waals surface area (Å²) < 4.78 is 8.93. The number of aromatic nitrogens is 1. The van der Waals surface area contributed by atoms with Crippen molar-refractivity contribution in [2.75, 3.05) is 0 Å². The first-order chi connectivity index (χ1) is 20.5. The van der Waals surface area contributed by atoms with Gasteiger partial charge in [0.2, 0.25) is 5.69 Å². The summed E-state index contributed by atoms with van der Waals surface area (Å²) in [6, 6.07) is 24.0. The minimum Gasteiger partial charge on any atom is -0.454 e. The van der Waals surface area contributed by atoms with Gasteiger partial charge in [-0.05, 0) is 97.7 Å². The molecule has 0 atom stereocenters. The molecule has 2 heterocycles. The molecule has 3 aromatic carbocycles. The average molecular weight is 554 g/mol. The average Bonchev–Trinajstić information content (AvgIpc) is 3.40. The Morgan fingerprint density at radius 1 is 0.738 bits per heavy atom. The highest BCUT2D eigenvalue weighted by atomic mass is 16.3. The number of rotatable bonds is 4. The molecule has 0 radical (unpaired) electrons. The van der Waals surface area contributed by atoms with Crippen LogP contribution in [0.5, 0.6) is 0 Å². The lowest BCUT2D eigenvalue weighted by molar-refractivity contribution is -0.660. The Bertz CT molecular complexity index is 1820. The summed E-state index contributed by atoms with van der Waals surface area (Å²) in [4.78, 5) is 0. The lowest BCUT2D eigenvalue weighted by atomic mass is 9.69. The molecule has 2 aromatic heterocycles. The fourth-order valence-corrected chi connectivity index (χ4v) is 8.28. The number of benzene rings is 3. The summed E-state index contributed by atoms with van der Waals surface area (Å²) in [5, 5.41) is 12.3. The third-order valence-electron chi connectivity index (χ3n) is 10.5. The lowest BCUT2D eigenvalue weighted by Crippen LogP contribution is -2.30. The Labute approximate surface area is 249 Å². The molecule has 0 saturated heterocycles. The van der Waals surface area contributed by atoms with Crippen LogP contribution in [0.2, 0.25) is 0 Å². The molecule has 42 heavy (non-hydrogen) atoms. The van der Waals surface area contributed by atoms with Crippen molar-refractivity contribution >= 4 is 21.9 Å². The van der Waals surface area contributed by atoms with Crippen LogP contribution in [-0.2, 0) is 7.05 Å². The van der Waals surface area contributed by atoms with Crippen LogP contribution in [-0.4, -0.2) is 0 Å². The molecule has 3 nitrogen and oxygen atoms in total. The van der Waals surface area contributed by atoms with Crippen LogP contribution < -0.4 is 4.57 Å². The number of furan rings is 1. The number of pyridine rings is 1. The highest BCUT2D eigenvalue weighted by molar-refractivity contribution is 6.14. The second-order valence-corrected chi connectivity index (χ2v) is 13.0. The Hall–Kier alpha value is -3.90. The number of aryl methyl sites for hydroxylation is 3. The zero-order chi connectivity index (χ0) is 28.8. The van der Waals surface area contributed by atoms with Crippen LogP contribution in [0, 0.1) is 37.0 Å². The zero-order valence-corrected chi connectivity index (χ0v) is 25.2. The van der Waals surface area contributed by atoms with Crippen molar-refractivity contribution in [2.45, 2.75) is 77.6 Å². The molecule has 0 spiro atoms. The fourth-order valence-electron chi connectivity index (χ4n) is 8.28. The summed E-state index contributed by atoms with van der Waals surface area (Å²) in [6.07, 6.45) is 14.7. The van der Waals surface area contributed by atoms with Crippen molar-refractivity contribution < 1.29 is 8.98 Å². The topological polar surface area (TPSA) is 40.8 Å². The van der Waals surface area contributed by atoms with Crippen molar-refractivity contribution in [2.24, 2.45) is 18.9 Å². The van der Waals surface area contributed by atoms with Gasteiger partial charge in [-0.3, -0.25) is 0 Å². The minimum atomic E-state index is 0.647. The Balaban J connectivity index is 1.27. The summed E-state index contributed by atoms with van der Waals surface area (Å²) >= 11 is 0. The van der Waals surface area contributed by atoms with Crippen LogP contribution in [0.1, 0.15) is 86.0 Å². The number of hydrogen-bond donors (Lipinski definition) is 0. The SMILES string of the molecule is Cc1cc(-c2c(C#N)ccc3c2oc2c(-c4cccc[n+]4C)c(C)ccc23)ccc1C1CCC(C2CCCCC2)CC1. The normalized spacial score (nSPS) is 19.8. The van der Waals surface area contributed by atoms with Crippen molar-refractivity contribution in [3.63, 3.8) is 0 Å². The predicted molar refractivity (Wildman–Crippen MR) is 171 cm³/mol. The van der Waals surface area contributed by atoms with E-state index in [4.69, 9.17) is 4.42 Å². The van der Waals surface area contributed by atoms with E-state index in [1.807, 2.05) is 12.1 Å². The second kappa shape index (κ2) is 11.1. The number of fused-ring (bicyclic) bond motifs is 3. The summed E-state index contributed by atoms with van der Waals surface area (Å²) in [7, 11) is 2.07. The third kappa shape index (κ3) is 4.62. The van der Waals surface area contributed by atoms with E-state index in [1.54, 1.807) is 0 Å². The maximum atomic E-state index is 10.2. The van der Waals surface area contributed by atoms with E-state index < -0.39 is 0 Å². The first kappa shape index (κ1) is 27.0. The molecule has 212 valence electrons. The van der Waals surface area contributed by atoms with Gasteiger partial charge in [-0.15, -0.1) is 0 Å². The maximum Gasteiger partial charge on any atom is 0.216 e. The molecular formula is C39H41N2O+. The van der Waals surface area contributed by atoms with Gasteiger partial charge < -0.3 is 4.42 Å². The van der Waals surface area contributed by atoms with E-state index in [2.05, 4.69) is 86.3 Å². The smallest absolute Gasteiger partial charge is 0.216 e. The molecule has 0 amide bonds. The largest absolute Gasteiger partial charge is 0.454 e. The van der Waals surface area contributed by atoms with E-state index >= 15 is 0 Å². The van der Waals surface area contributed by atoms with Gasteiger partial charge in [0, 0.05) is 28.5 Å². The van der Waals surface area contributed by atoms with Gasteiger partial charge in [-0.1, -0.05) is 62.4 Å². The summed E-state index contributed by atoms with van der Waals surface area (Å²) in [5.74, 6) is 2.57. The lowest BCUT2D eigenvalue weighted by Gasteiger charge is -2.36. The maximum absolute atomic E-state index is 10.2. The molecule has 2 aliphatic rings. The molecule has 5 aromatic rings. The Kier molecular flexibility index (Phi) is 7.10. The molecule has 0 aliphatic heterocycles. The second-order valence-electron chi connectivity index (χ2n) is 13.0. The number of nitriles is 1. The van der Waals surface area contributed by atoms with Crippen LogP contribution in [0.25, 0.3) is 44.3 Å². The van der Waals surface area contributed by atoms with Crippen LogP contribution >= 0.6 is 0 Å². The van der Waals surface area contributed by atoms with E-state index in [-0.39, 0.29) is 0 Å². The van der Waals surface area contributed by atoms with Gasteiger partial charge in [0.05, 0.1) is 17.2 Å². The van der Waals surface area contributed by atoms with Crippen molar-refractivity contribution in [3.8, 4) is 28.5 Å². The molecule has 3 heteroatoms. The van der Waals surface area contributed by atoms with Crippen LogP contribution in [0.4, 0.5) is 0 Å². The van der Waals surface area contributed by atoms with Gasteiger partial charge in [-0.2, -0.15) is 5.26 Å². The number of nitrogens with zero attached hydrogens (tertiary/aromatic N) is 2. The molecule has 2 fully saturated rings. The monoisotopic (exact) mass is 553 g/mol. The van der Waals surface area contributed by atoms with Gasteiger partial charge in [0.15, 0.2) is 6.20 Å². The predicted octanol–water partition coefficient (Wildman–Crippen LogP) is 10.1. The quantitative estimate of drug-likeness (QED) is 0.208. The van der Waals surface area contributed by atoms with Gasteiger partial charge in [-0.25, -0.2) is 4.57 Å². The van der Waals surface area contributed by atoms with Gasteiger partial charge >= 0.3 is 0 Å². The summed E-state index contributed by atoms with van der Waals surface area (Å²) in [5.41, 5.74) is 10.5. The highest BCUT2D eigenvalue weighted by Gasteiger charge is 2.30. The van der Waals surface area contributed by atoms with Gasteiger partial charge in [0.1, 0.15) is 18.2 Å². The van der Waals surface area contributed by atoms with E-state index in [0.717, 1.165) is 56.2 Å². The molecular weight excluding hydrogens is 512 g/mol. The van der Waals surface area contributed by atoms with Crippen molar-refractivity contribution in [3.05, 3.63) is 89.1 Å². The van der Waals surface area contributed by atoms with Crippen LogP contribution in [0.3, 0.4) is 0 Å². The van der Waals surface area contributed by atoms with Crippen LogP contribution in [0.15, 0.2) is 71.3 Å². The number of hydrogen-bond acceptors (Lipinski definition) is 2. The third-order valence-corrected chi connectivity index (χ3v) is 10.5. The molecule has 2 saturated carbocycles. The zero-order valence-electron chi connectivity index (χ0n) is 25.2. The molecule has 0 unspecified atom stereocenters. The highest BCUT2D eigenvalue weighted by Crippen LogP contribution is 2.45. The fraction of sp³-hybridized carbons (Fsp3) is 0.385. The molecule has 7 rings (SSSR count). The molecule has 0 bridgehead atoms. The minimum absolute atomic E-state index is 0.647. The summed E-state index contributed by atoms with van der Waals surface area (Å²) in [6.45, 7) is 4.40. The molecule has 0 N–H and O–H groups in total. The first-order valence-corrected chi connectivity index (χ1v) is 16.0. The van der Waals surface area contributed by atoms with E-state index in [0.29, 0.717) is 11.5 Å². The Morgan fingerprint density at radius 3 is 2.17 bits per heavy atom. The first-order valence-electron chi connectivity index (χ1n) is 16.0. The standard InChI is InChI=1S/C39H41N2O/c1-25-12-19-33-34-21-18-31(24-40)37(39(34)42-38(33)36(25)35-11-7-8-22-41(35)3)30-17-20-32(26(2)23-30)29-15-13-28(14-16-29)27-9-5-4-6-10-27/h7-8,11-12,17-23,27-29H,4-6,9-10,13-16H2,1-3H3/q+1. The molecule has 2 aliphatic carbocycles. The van der Waals surface area contributed by atoms with Crippen molar-refractivity contribution in [1.82, 2.24) is 0 Å². The Morgan fingerprint density at radius 2 is 1.45 bits per heavy atom. The van der Waals surface area contributed by atoms with E-state index in [1.165, 1.54) is 74.5 Å². The van der Waals surface area contributed by atoms with Gasteiger partial charge in [0.25, 0.3) is 0 Å².